The number of aromatic nitrogens is 2. The van der Waals surface area contributed by atoms with Crippen molar-refractivity contribution in [2.24, 2.45) is 0 Å². The van der Waals surface area contributed by atoms with Crippen LogP contribution in [-0.2, 0) is 13.0 Å². The van der Waals surface area contributed by atoms with Gasteiger partial charge in [-0.25, -0.2) is 18.4 Å². The Morgan fingerprint density at radius 1 is 1.06 bits per heavy atom. The van der Waals surface area contributed by atoms with Gasteiger partial charge in [-0.05, 0) is 49.4 Å². The first-order valence-corrected chi connectivity index (χ1v) is 10.8. The van der Waals surface area contributed by atoms with E-state index in [2.05, 4.69) is 0 Å². The zero-order chi connectivity index (χ0) is 23.4. The lowest BCUT2D eigenvalue weighted by atomic mass is 9.99. The predicted octanol–water partition coefficient (Wildman–Crippen LogP) is 5.92. The molecule has 0 fully saturated rings. The summed E-state index contributed by atoms with van der Waals surface area (Å²) in [6.45, 7) is 5.63. The summed E-state index contributed by atoms with van der Waals surface area (Å²) in [6.07, 6.45) is -0.768. The molecule has 0 saturated carbocycles. The van der Waals surface area contributed by atoms with E-state index in [0.29, 0.717) is 24.1 Å². The molecule has 3 rings (SSSR count). The van der Waals surface area contributed by atoms with Gasteiger partial charge in [-0.2, -0.15) is 0 Å². The Labute approximate surface area is 185 Å². The quantitative estimate of drug-likeness (QED) is 0.447. The number of hydrogen-bond acceptors (Lipinski definition) is 2. The average Bonchev–Trinajstić information content (AvgIpc) is 3.04. The largest absolute Gasteiger partial charge is 0.478 e. The van der Waals surface area contributed by atoms with Gasteiger partial charge in [0.25, 0.3) is 6.43 Å². The number of carboxylic acids is 1. The number of hydrogen-bond donors (Lipinski definition) is 1. The summed E-state index contributed by atoms with van der Waals surface area (Å²) in [7, 11) is 0. The monoisotopic (exact) mass is 442 g/mol. The molecule has 7 heteroatoms. The summed E-state index contributed by atoms with van der Waals surface area (Å²) in [5.41, 5.74) is 2.08. The number of unbranched alkanes of at least 4 members (excludes halogenated alkanes) is 1. The first kappa shape index (κ1) is 23.4. The van der Waals surface area contributed by atoms with Crippen LogP contribution < -0.4 is 5.69 Å². The first-order chi connectivity index (χ1) is 15.3. The van der Waals surface area contributed by atoms with E-state index in [-0.39, 0.29) is 23.8 Å². The fourth-order valence-electron chi connectivity index (χ4n) is 4.02. The van der Waals surface area contributed by atoms with Gasteiger partial charge in [-0.1, -0.05) is 55.8 Å². The molecule has 1 heterocycles. The lowest BCUT2D eigenvalue weighted by molar-refractivity contribution is 0.0697. The first-order valence-electron chi connectivity index (χ1n) is 10.8. The maximum atomic E-state index is 13.9. The fraction of sp³-hybridized carbons (Fsp3) is 0.360. The van der Waals surface area contributed by atoms with Crippen molar-refractivity contribution in [3.05, 3.63) is 81.5 Å². The van der Waals surface area contributed by atoms with Crippen LogP contribution in [0.25, 0.3) is 11.1 Å². The molecule has 0 aliphatic carbocycles. The second kappa shape index (κ2) is 9.94. The minimum atomic E-state index is -2.73. The zero-order valence-corrected chi connectivity index (χ0v) is 18.5. The van der Waals surface area contributed by atoms with Crippen molar-refractivity contribution in [1.29, 1.82) is 0 Å². The molecule has 0 bridgehead atoms. The van der Waals surface area contributed by atoms with E-state index in [9.17, 15) is 23.5 Å². The Bertz CT molecular complexity index is 1140. The number of carbonyl (C=O) groups is 1. The van der Waals surface area contributed by atoms with E-state index in [1.165, 1.54) is 9.13 Å². The fourth-order valence-corrected chi connectivity index (χ4v) is 4.02. The topological polar surface area (TPSA) is 64.2 Å². The van der Waals surface area contributed by atoms with Crippen LogP contribution in [0, 0.1) is 0 Å². The summed E-state index contributed by atoms with van der Waals surface area (Å²) >= 11 is 0. The number of imidazole rings is 1. The van der Waals surface area contributed by atoms with E-state index in [1.807, 2.05) is 6.92 Å². The molecule has 0 aliphatic heterocycles. The second-order valence-corrected chi connectivity index (χ2v) is 8.12. The van der Waals surface area contributed by atoms with Gasteiger partial charge < -0.3 is 5.11 Å². The second-order valence-electron chi connectivity index (χ2n) is 8.12. The summed E-state index contributed by atoms with van der Waals surface area (Å²) in [6, 6.07) is 13.6. The third-order valence-electron chi connectivity index (χ3n) is 5.57. The minimum absolute atomic E-state index is 0.179. The van der Waals surface area contributed by atoms with Gasteiger partial charge in [0, 0.05) is 11.7 Å². The number of benzene rings is 2. The Kier molecular flexibility index (Phi) is 7.28. The van der Waals surface area contributed by atoms with Crippen LogP contribution in [0.15, 0.2) is 53.3 Å². The predicted molar refractivity (Wildman–Crippen MR) is 121 cm³/mol. The van der Waals surface area contributed by atoms with Crippen molar-refractivity contribution in [1.82, 2.24) is 9.13 Å². The van der Waals surface area contributed by atoms with Gasteiger partial charge in [-0.3, -0.25) is 9.13 Å². The molecule has 2 aromatic carbocycles. The molecule has 0 atom stereocenters. The SMILES string of the molecule is CCCCc1c(C(F)F)n(C(C)C)c(=O)n1Cc1ccc(-c2ccccc2C(=O)O)cc1. The zero-order valence-electron chi connectivity index (χ0n) is 18.5. The van der Waals surface area contributed by atoms with Crippen LogP contribution in [0.1, 0.15) is 73.4 Å². The van der Waals surface area contributed by atoms with Crippen molar-refractivity contribution in [3.8, 4) is 11.1 Å². The highest BCUT2D eigenvalue weighted by Gasteiger charge is 2.27. The molecule has 0 unspecified atom stereocenters. The number of halogens is 2. The third kappa shape index (κ3) is 4.66. The number of rotatable bonds is 9. The summed E-state index contributed by atoms with van der Waals surface area (Å²) in [4.78, 5) is 24.6. The van der Waals surface area contributed by atoms with Crippen LogP contribution in [0.2, 0.25) is 0 Å². The molecule has 1 aromatic heterocycles. The third-order valence-corrected chi connectivity index (χ3v) is 5.57. The summed E-state index contributed by atoms with van der Waals surface area (Å²) in [5, 5.41) is 9.42. The van der Waals surface area contributed by atoms with E-state index in [0.717, 1.165) is 17.5 Å². The van der Waals surface area contributed by atoms with Crippen molar-refractivity contribution in [2.45, 2.75) is 59.0 Å². The van der Waals surface area contributed by atoms with Gasteiger partial charge in [0.2, 0.25) is 0 Å². The Hall–Kier alpha value is -3.22. The van der Waals surface area contributed by atoms with Crippen LogP contribution >= 0.6 is 0 Å². The highest BCUT2D eigenvalue weighted by atomic mass is 19.3. The summed E-state index contributed by atoms with van der Waals surface area (Å²) < 4.78 is 30.5. The van der Waals surface area contributed by atoms with Gasteiger partial charge in [0.05, 0.1) is 12.1 Å². The maximum Gasteiger partial charge on any atom is 0.336 e. The Morgan fingerprint density at radius 3 is 2.28 bits per heavy atom. The summed E-state index contributed by atoms with van der Waals surface area (Å²) in [5.74, 6) is -1.01. The van der Waals surface area contributed by atoms with Crippen LogP contribution in [0.3, 0.4) is 0 Å². The number of alkyl halides is 2. The molecule has 0 saturated heterocycles. The smallest absolute Gasteiger partial charge is 0.336 e. The Balaban J connectivity index is 2.01. The van der Waals surface area contributed by atoms with E-state index in [1.54, 1.807) is 62.4 Å². The normalized spacial score (nSPS) is 11.5. The van der Waals surface area contributed by atoms with E-state index >= 15 is 0 Å². The van der Waals surface area contributed by atoms with Crippen LogP contribution in [0.5, 0.6) is 0 Å². The molecule has 1 N–H and O–H groups in total. The Morgan fingerprint density at radius 2 is 1.72 bits per heavy atom. The highest BCUT2D eigenvalue weighted by Crippen LogP contribution is 2.28. The van der Waals surface area contributed by atoms with E-state index < -0.39 is 18.1 Å². The van der Waals surface area contributed by atoms with Crippen molar-refractivity contribution in [2.75, 3.05) is 0 Å². The molecule has 170 valence electrons. The molecule has 0 aliphatic rings. The van der Waals surface area contributed by atoms with Crippen LogP contribution in [0.4, 0.5) is 8.78 Å². The average molecular weight is 443 g/mol. The van der Waals surface area contributed by atoms with Crippen molar-refractivity contribution in [3.63, 3.8) is 0 Å². The lowest BCUT2D eigenvalue weighted by Gasteiger charge is -2.12. The molecule has 5 nitrogen and oxygen atoms in total. The maximum absolute atomic E-state index is 13.9. The minimum Gasteiger partial charge on any atom is -0.478 e. The van der Waals surface area contributed by atoms with Gasteiger partial charge in [0.1, 0.15) is 5.69 Å². The van der Waals surface area contributed by atoms with Gasteiger partial charge in [0.15, 0.2) is 0 Å². The molecular weight excluding hydrogens is 414 g/mol. The molecular formula is C25H28F2N2O3. The number of carboxylic acid groups (broad SMARTS) is 1. The van der Waals surface area contributed by atoms with Crippen molar-refractivity contribution < 1.29 is 18.7 Å². The number of nitrogens with zero attached hydrogens (tertiary/aromatic N) is 2. The lowest BCUT2D eigenvalue weighted by Crippen LogP contribution is -2.27. The standard InChI is InChI=1S/C25H28F2N2O3/c1-4-5-10-21-22(23(26)27)29(16(2)3)25(32)28(21)15-17-11-13-18(14-12-17)19-8-6-7-9-20(19)24(30)31/h6-9,11-14,16,23H,4-5,10,15H2,1-3H3,(H,30,31). The molecule has 3 aromatic rings. The molecule has 0 amide bonds. The molecule has 0 radical (unpaired) electrons. The van der Waals surface area contributed by atoms with E-state index in [4.69, 9.17) is 0 Å². The highest BCUT2D eigenvalue weighted by molar-refractivity contribution is 5.95. The number of aromatic carboxylic acids is 1. The molecule has 0 spiro atoms. The van der Waals surface area contributed by atoms with Gasteiger partial charge >= 0.3 is 11.7 Å². The van der Waals surface area contributed by atoms with Crippen LogP contribution in [-0.4, -0.2) is 20.2 Å². The molecule has 32 heavy (non-hydrogen) atoms. The van der Waals surface area contributed by atoms with Crippen molar-refractivity contribution >= 4 is 5.97 Å². The van der Waals surface area contributed by atoms with Gasteiger partial charge in [-0.15, -0.1) is 0 Å².